The molecular weight excluding hydrogens is 224 g/mol. The van der Waals surface area contributed by atoms with Crippen LogP contribution in [0.5, 0.6) is 5.75 Å². The van der Waals surface area contributed by atoms with E-state index in [9.17, 15) is 0 Å². The number of hydrogen-bond donors (Lipinski definition) is 1. The molecule has 18 heavy (non-hydrogen) atoms. The maximum Gasteiger partial charge on any atom is 0.119 e. The van der Waals surface area contributed by atoms with Crippen molar-refractivity contribution in [3.8, 4) is 5.75 Å². The summed E-state index contributed by atoms with van der Waals surface area (Å²) in [5.41, 5.74) is 7.10. The van der Waals surface area contributed by atoms with Gasteiger partial charge in [-0.15, -0.1) is 0 Å². The van der Waals surface area contributed by atoms with Crippen LogP contribution in [0, 0.1) is 5.92 Å². The Balaban J connectivity index is 1.98. The first-order chi connectivity index (χ1) is 8.74. The van der Waals surface area contributed by atoms with Crippen LogP contribution in [0.1, 0.15) is 31.9 Å². The molecule has 1 aromatic rings. The zero-order chi connectivity index (χ0) is 13.0. The van der Waals surface area contributed by atoms with Gasteiger partial charge < -0.3 is 10.5 Å². The van der Waals surface area contributed by atoms with Gasteiger partial charge >= 0.3 is 0 Å². The van der Waals surface area contributed by atoms with E-state index >= 15 is 0 Å². The molecule has 0 saturated carbocycles. The lowest BCUT2D eigenvalue weighted by molar-refractivity contribution is 0.253. The van der Waals surface area contributed by atoms with Crippen molar-refractivity contribution in [2.75, 3.05) is 26.2 Å². The SMILES string of the molecule is CCOc1ccc(C(C)N2CCC(CN)C2)cc1. The van der Waals surface area contributed by atoms with E-state index in [1.54, 1.807) is 0 Å². The highest BCUT2D eigenvalue weighted by Crippen LogP contribution is 2.27. The summed E-state index contributed by atoms with van der Waals surface area (Å²) in [5, 5.41) is 0. The minimum atomic E-state index is 0.470. The van der Waals surface area contributed by atoms with Crippen LogP contribution in [0.2, 0.25) is 0 Å². The van der Waals surface area contributed by atoms with Crippen LogP contribution in [0.4, 0.5) is 0 Å². The van der Waals surface area contributed by atoms with Gasteiger partial charge in [0.1, 0.15) is 5.75 Å². The van der Waals surface area contributed by atoms with Crippen LogP contribution in [0.15, 0.2) is 24.3 Å². The second kappa shape index (κ2) is 6.21. The zero-order valence-electron chi connectivity index (χ0n) is 11.4. The number of likely N-dealkylation sites (tertiary alicyclic amines) is 1. The van der Waals surface area contributed by atoms with Crippen molar-refractivity contribution in [3.63, 3.8) is 0 Å². The second-order valence-electron chi connectivity index (χ2n) is 5.06. The average Bonchev–Trinajstić information content (AvgIpc) is 2.88. The molecule has 100 valence electrons. The van der Waals surface area contributed by atoms with Gasteiger partial charge in [0.25, 0.3) is 0 Å². The lowest BCUT2D eigenvalue weighted by Crippen LogP contribution is -2.26. The number of rotatable bonds is 5. The number of nitrogens with two attached hydrogens (primary N) is 1. The lowest BCUT2D eigenvalue weighted by atomic mass is 10.1. The van der Waals surface area contributed by atoms with E-state index in [0.29, 0.717) is 12.0 Å². The monoisotopic (exact) mass is 248 g/mol. The maximum absolute atomic E-state index is 5.74. The molecule has 1 aliphatic rings. The molecule has 2 rings (SSSR count). The number of nitrogens with zero attached hydrogens (tertiary/aromatic N) is 1. The Morgan fingerprint density at radius 3 is 2.67 bits per heavy atom. The fourth-order valence-electron chi connectivity index (χ4n) is 2.63. The average molecular weight is 248 g/mol. The van der Waals surface area contributed by atoms with Crippen LogP contribution in [-0.2, 0) is 0 Å². The summed E-state index contributed by atoms with van der Waals surface area (Å²) < 4.78 is 5.47. The van der Waals surface area contributed by atoms with E-state index in [2.05, 4.69) is 36.1 Å². The van der Waals surface area contributed by atoms with Gasteiger partial charge in [0.15, 0.2) is 0 Å². The number of ether oxygens (including phenoxy) is 1. The topological polar surface area (TPSA) is 38.5 Å². The van der Waals surface area contributed by atoms with Gasteiger partial charge in [0, 0.05) is 12.6 Å². The highest BCUT2D eigenvalue weighted by atomic mass is 16.5. The Hall–Kier alpha value is -1.06. The first-order valence-corrected chi connectivity index (χ1v) is 6.91. The summed E-state index contributed by atoms with van der Waals surface area (Å²) in [7, 11) is 0. The molecule has 1 aromatic carbocycles. The molecule has 0 radical (unpaired) electrons. The summed E-state index contributed by atoms with van der Waals surface area (Å²) in [4.78, 5) is 2.52. The van der Waals surface area contributed by atoms with Gasteiger partial charge in [-0.2, -0.15) is 0 Å². The van der Waals surface area contributed by atoms with Gasteiger partial charge in [-0.25, -0.2) is 0 Å². The minimum absolute atomic E-state index is 0.470. The first kappa shape index (κ1) is 13.4. The molecule has 0 aliphatic carbocycles. The van der Waals surface area contributed by atoms with E-state index in [4.69, 9.17) is 10.5 Å². The van der Waals surface area contributed by atoms with Gasteiger partial charge in [-0.1, -0.05) is 12.1 Å². The molecule has 0 spiro atoms. The normalized spacial score (nSPS) is 22.1. The Morgan fingerprint density at radius 2 is 2.11 bits per heavy atom. The van der Waals surface area contributed by atoms with Gasteiger partial charge in [-0.05, 0) is 57.0 Å². The molecule has 0 amide bonds. The first-order valence-electron chi connectivity index (χ1n) is 6.91. The predicted molar refractivity (Wildman–Crippen MR) is 74.8 cm³/mol. The molecule has 3 nitrogen and oxygen atoms in total. The van der Waals surface area contributed by atoms with Crippen LogP contribution >= 0.6 is 0 Å². The van der Waals surface area contributed by atoms with Crippen molar-refractivity contribution in [1.29, 1.82) is 0 Å². The fourth-order valence-corrected chi connectivity index (χ4v) is 2.63. The summed E-state index contributed by atoms with van der Waals surface area (Å²) in [5.74, 6) is 1.63. The van der Waals surface area contributed by atoms with Crippen LogP contribution in [0.25, 0.3) is 0 Å². The Bertz CT molecular complexity index is 363. The van der Waals surface area contributed by atoms with Crippen molar-refractivity contribution < 1.29 is 4.74 Å². The summed E-state index contributed by atoms with van der Waals surface area (Å²) in [6.45, 7) is 8.11. The second-order valence-corrected chi connectivity index (χ2v) is 5.06. The number of hydrogen-bond acceptors (Lipinski definition) is 3. The minimum Gasteiger partial charge on any atom is -0.494 e. The third kappa shape index (κ3) is 3.03. The van der Waals surface area contributed by atoms with Gasteiger partial charge in [0.05, 0.1) is 6.61 Å². The molecule has 0 aromatic heterocycles. The number of benzene rings is 1. The quantitative estimate of drug-likeness (QED) is 0.869. The van der Waals surface area contributed by atoms with E-state index in [1.807, 2.05) is 6.92 Å². The standard InChI is InChI=1S/C15H24N2O/c1-3-18-15-6-4-14(5-7-15)12(2)17-9-8-13(10-16)11-17/h4-7,12-13H,3,8-11,16H2,1-2H3. The molecule has 2 N–H and O–H groups in total. The summed E-state index contributed by atoms with van der Waals surface area (Å²) in [6, 6.07) is 8.94. The van der Waals surface area contributed by atoms with Crippen molar-refractivity contribution in [3.05, 3.63) is 29.8 Å². The molecule has 1 fully saturated rings. The molecule has 1 aliphatic heterocycles. The predicted octanol–water partition coefficient (Wildman–Crippen LogP) is 2.43. The van der Waals surface area contributed by atoms with E-state index < -0.39 is 0 Å². The maximum atomic E-state index is 5.74. The van der Waals surface area contributed by atoms with Crippen molar-refractivity contribution in [1.82, 2.24) is 4.90 Å². The van der Waals surface area contributed by atoms with E-state index in [0.717, 1.165) is 32.0 Å². The summed E-state index contributed by atoms with van der Waals surface area (Å²) in [6.07, 6.45) is 1.23. The van der Waals surface area contributed by atoms with Crippen LogP contribution in [0.3, 0.4) is 0 Å². The Kier molecular flexibility index (Phi) is 4.61. The molecule has 2 atom stereocenters. The molecule has 3 heteroatoms. The van der Waals surface area contributed by atoms with Gasteiger partial charge in [-0.3, -0.25) is 4.90 Å². The molecule has 1 heterocycles. The van der Waals surface area contributed by atoms with E-state index in [1.165, 1.54) is 12.0 Å². The Morgan fingerprint density at radius 1 is 1.39 bits per heavy atom. The lowest BCUT2D eigenvalue weighted by Gasteiger charge is -2.24. The molecule has 2 unspecified atom stereocenters. The summed E-state index contributed by atoms with van der Waals surface area (Å²) >= 11 is 0. The smallest absolute Gasteiger partial charge is 0.119 e. The van der Waals surface area contributed by atoms with E-state index in [-0.39, 0.29) is 0 Å². The Labute approximate surface area is 110 Å². The third-order valence-corrected chi connectivity index (χ3v) is 3.87. The van der Waals surface area contributed by atoms with Gasteiger partial charge in [0.2, 0.25) is 0 Å². The highest BCUT2D eigenvalue weighted by Gasteiger charge is 2.25. The zero-order valence-corrected chi connectivity index (χ0v) is 11.4. The van der Waals surface area contributed by atoms with Crippen molar-refractivity contribution in [2.24, 2.45) is 11.7 Å². The third-order valence-electron chi connectivity index (χ3n) is 3.87. The molecular formula is C15H24N2O. The molecule has 1 saturated heterocycles. The largest absolute Gasteiger partial charge is 0.494 e. The molecule has 0 bridgehead atoms. The van der Waals surface area contributed by atoms with Crippen LogP contribution < -0.4 is 10.5 Å². The highest BCUT2D eigenvalue weighted by molar-refractivity contribution is 5.29. The van der Waals surface area contributed by atoms with Crippen molar-refractivity contribution in [2.45, 2.75) is 26.3 Å². The fraction of sp³-hybridized carbons (Fsp3) is 0.600. The van der Waals surface area contributed by atoms with Crippen LogP contribution in [-0.4, -0.2) is 31.1 Å². The van der Waals surface area contributed by atoms with Crippen molar-refractivity contribution >= 4 is 0 Å².